The highest BCUT2D eigenvalue weighted by Gasteiger charge is 2.36. The normalized spacial score (nSPS) is 24.4. The summed E-state index contributed by atoms with van der Waals surface area (Å²) in [5.74, 6) is 0.214. The maximum absolute atomic E-state index is 10.1. The van der Waals surface area contributed by atoms with Gasteiger partial charge in [-0.25, -0.2) is 4.98 Å². The zero-order valence-electron chi connectivity index (χ0n) is 12.9. The molecule has 9 heteroatoms. The van der Waals surface area contributed by atoms with Crippen LogP contribution in [0.5, 0.6) is 6.01 Å². The summed E-state index contributed by atoms with van der Waals surface area (Å²) in [6.45, 7) is 2.42. The summed E-state index contributed by atoms with van der Waals surface area (Å²) < 4.78 is 12.7. The molecule has 0 bridgehead atoms. The van der Waals surface area contributed by atoms with Crippen molar-refractivity contribution in [3.05, 3.63) is 6.33 Å². The third kappa shape index (κ3) is 3.07. The SMILES string of the molecule is CCCCOc1nc(N)c2ncn([C@@H]3O[C@H](CO)CC3O)c2n1. The van der Waals surface area contributed by atoms with Crippen LogP contribution in [-0.2, 0) is 4.74 Å². The standard InChI is InChI=1S/C14H21N5O4/c1-2-3-4-22-14-17-11(15)10-12(18-14)19(7-16-10)13-9(21)5-8(6-20)23-13/h7-9,13,20-21H,2-6H2,1H3,(H2,15,17,18)/t8-,9?,13+/m0/s1. The first-order chi connectivity index (χ1) is 11.1. The number of hydrogen-bond donors (Lipinski definition) is 3. The molecule has 1 aliphatic rings. The van der Waals surface area contributed by atoms with Gasteiger partial charge in [0.15, 0.2) is 23.2 Å². The smallest absolute Gasteiger partial charge is 0.320 e. The highest BCUT2D eigenvalue weighted by molar-refractivity contribution is 5.82. The van der Waals surface area contributed by atoms with Crippen molar-refractivity contribution in [1.82, 2.24) is 19.5 Å². The number of fused-ring (bicyclic) bond motifs is 1. The molecular weight excluding hydrogens is 302 g/mol. The van der Waals surface area contributed by atoms with Crippen LogP contribution < -0.4 is 10.5 Å². The van der Waals surface area contributed by atoms with Gasteiger partial charge in [-0.1, -0.05) is 13.3 Å². The van der Waals surface area contributed by atoms with Crippen LogP contribution in [-0.4, -0.2) is 55.2 Å². The summed E-state index contributed by atoms with van der Waals surface area (Å²) in [6, 6.07) is 0.177. The van der Waals surface area contributed by atoms with Gasteiger partial charge in [-0.2, -0.15) is 9.97 Å². The molecule has 1 unspecified atom stereocenters. The van der Waals surface area contributed by atoms with E-state index in [-0.39, 0.29) is 18.4 Å². The molecule has 9 nitrogen and oxygen atoms in total. The van der Waals surface area contributed by atoms with Gasteiger partial charge in [-0.15, -0.1) is 0 Å². The van der Waals surface area contributed by atoms with E-state index in [0.717, 1.165) is 12.8 Å². The Bertz CT molecular complexity index is 676. The van der Waals surface area contributed by atoms with Crippen molar-refractivity contribution >= 4 is 17.0 Å². The van der Waals surface area contributed by atoms with Crippen LogP contribution in [0, 0.1) is 0 Å². The van der Waals surface area contributed by atoms with E-state index in [1.807, 2.05) is 0 Å². The predicted octanol–water partition coefficient (Wildman–Crippen LogP) is 0.228. The van der Waals surface area contributed by atoms with E-state index in [4.69, 9.17) is 15.2 Å². The Morgan fingerprint density at radius 2 is 2.30 bits per heavy atom. The number of aliphatic hydroxyl groups excluding tert-OH is 2. The molecule has 0 amide bonds. The van der Waals surface area contributed by atoms with Gasteiger partial charge in [0.25, 0.3) is 0 Å². The maximum atomic E-state index is 10.1. The van der Waals surface area contributed by atoms with Crippen molar-refractivity contribution in [3.63, 3.8) is 0 Å². The molecule has 1 saturated heterocycles. The number of nitrogens with two attached hydrogens (primary N) is 1. The summed E-state index contributed by atoms with van der Waals surface area (Å²) >= 11 is 0. The average Bonchev–Trinajstić information content (AvgIpc) is 3.11. The highest BCUT2D eigenvalue weighted by atomic mass is 16.5. The molecule has 126 valence electrons. The molecule has 0 spiro atoms. The molecule has 3 atom stereocenters. The second-order valence-corrected chi connectivity index (χ2v) is 5.55. The zero-order valence-corrected chi connectivity index (χ0v) is 12.9. The van der Waals surface area contributed by atoms with Crippen LogP contribution in [0.15, 0.2) is 6.33 Å². The monoisotopic (exact) mass is 323 g/mol. The number of unbranched alkanes of at least 4 members (excludes halogenated alkanes) is 1. The van der Waals surface area contributed by atoms with Crippen molar-refractivity contribution in [1.29, 1.82) is 0 Å². The lowest BCUT2D eigenvalue weighted by Gasteiger charge is -2.16. The quantitative estimate of drug-likeness (QED) is 0.644. The number of aromatic nitrogens is 4. The third-order valence-electron chi connectivity index (χ3n) is 3.80. The second-order valence-electron chi connectivity index (χ2n) is 5.55. The van der Waals surface area contributed by atoms with Gasteiger partial charge in [0.1, 0.15) is 6.10 Å². The van der Waals surface area contributed by atoms with Gasteiger partial charge < -0.3 is 25.4 Å². The van der Waals surface area contributed by atoms with E-state index < -0.39 is 18.4 Å². The minimum absolute atomic E-state index is 0.150. The molecule has 0 aliphatic carbocycles. The first kappa shape index (κ1) is 15.9. The minimum Gasteiger partial charge on any atom is -0.463 e. The first-order valence-corrected chi connectivity index (χ1v) is 7.71. The number of nitrogen functional groups attached to an aromatic ring is 1. The van der Waals surface area contributed by atoms with E-state index in [9.17, 15) is 10.2 Å². The Hall–Kier alpha value is -1.97. The Balaban J connectivity index is 1.92. The Labute approximate surface area is 133 Å². The fourth-order valence-corrected chi connectivity index (χ4v) is 2.57. The molecule has 2 aromatic rings. The number of aliphatic hydroxyl groups is 2. The van der Waals surface area contributed by atoms with Gasteiger partial charge >= 0.3 is 6.01 Å². The van der Waals surface area contributed by atoms with E-state index in [1.54, 1.807) is 4.57 Å². The Kier molecular flexibility index (Phi) is 4.60. The maximum Gasteiger partial charge on any atom is 0.320 e. The van der Waals surface area contributed by atoms with Crippen LogP contribution in [0.1, 0.15) is 32.4 Å². The molecule has 3 heterocycles. The largest absolute Gasteiger partial charge is 0.463 e. The topological polar surface area (TPSA) is 129 Å². The fraction of sp³-hybridized carbons (Fsp3) is 0.643. The van der Waals surface area contributed by atoms with Crippen LogP contribution in [0.3, 0.4) is 0 Å². The van der Waals surface area contributed by atoms with Gasteiger partial charge in [-0.05, 0) is 6.42 Å². The third-order valence-corrected chi connectivity index (χ3v) is 3.80. The summed E-state index contributed by atoms with van der Waals surface area (Å²) in [6.07, 6.45) is 1.90. The van der Waals surface area contributed by atoms with Crippen LogP contribution >= 0.6 is 0 Å². The summed E-state index contributed by atoms with van der Waals surface area (Å²) in [4.78, 5) is 12.6. The molecule has 0 saturated carbocycles. The van der Waals surface area contributed by atoms with Gasteiger partial charge in [0, 0.05) is 6.42 Å². The lowest BCUT2D eigenvalue weighted by atomic mass is 10.2. The summed E-state index contributed by atoms with van der Waals surface area (Å²) in [5, 5.41) is 19.3. The van der Waals surface area contributed by atoms with Gasteiger partial charge in [0.2, 0.25) is 0 Å². The first-order valence-electron chi connectivity index (χ1n) is 7.71. The molecule has 2 aromatic heterocycles. The van der Waals surface area contributed by atoms with E-state index >= 15 is 0 Å². The fourth-order valence-electron chi connectivity index (χ4n) is 2.57. The minimum atomic E-state index is -0.759. The number of rotatable bonds is 6. The highest BCUT2D eigenvalue weighted by Crippen LogP contribution is 2.32. The molecule has 3 rings (SSSR count). The predicted molar refractivity (Wildman–Crippen MR) is 81.8 cm³/mol. The second kappa shape index (κ2) is 6.65. The number of ether oxygens (including phenoxy) is 2. The Morgan fingerprint density at radius 3 is 3.00 bits per heavy atom. The number of hydrogen-bond acceptors (Lipinski definition) is 8. The van der Waals surface area contributed by atoms with Crippen LogP contribution in [0.2, 0.25) is 0 Å². The van der Waals surface area contributed by atoms with Crippen LogP contribution in [0.25, 0.3) is 11.2 Å². The molecular formula is C14H21N5O4. The van der Waals surface area contributed by atoms with Gasteiger partial charge in [0.05, 0.1) is 25.6 Å². The van der Waals surface area contributed by atoms with Crippen LogP contribution in [0.4, 0.5) is 5.82 Å². The molecule has 23 heavy (non-hydrogen) atoms. The van der Waals surface area contributed by atoms with Crippen molar-refractivity contribution < 1.29 is 19.7 Å². The average molecular weight is 323 g/mol. The van der Waals surface area contributed by atoms with E-state index in [2.05, 4.69) is 21.9 Å². The Morgan fingerprint density at radius 1 is 1.48 bits per heavy atom. The molecule has 0 radical (unpaired) electrons. The van der Waals surface area contributed by atoms with Crippen molar-refractivity contribution in [3.8, 4) is 6.01 Å². The summed E-state index contributed by atoms with van der Waals surface area (Å²) in [7, 11) is 0. The summed E-state index contributed by atoms with van der Waals surface area (Å²) in [5.41, 5.74) is 6.77. The van der Waals surface area contributed by atoms with Crippen molar-refractivity contribution in [2.75, 3.05) is 18.9 Å². The number of anilines is 1. The number of imidazole rings is 1. The van der Waals surface area contributed by atoms with Crippen molar-refractivity contribution in [2.24, 2.45) is 0 Å². The number of nitrogens with zero attached hydrogens (tertiary/aromatic N) is 4. The molecule has 4 N–H and O–H groups in total. The zero-order chi connectivity index (χ0) is 16.4. The molecule has 0 aromatic carbocycles. The van der Waals surface area contributed by atoms with E-state index in [0.29, 0.717) is 24.2 Å². The van der Waals surface area contributed by atoms with E-state index in [1.165, 1.54) is 6.33 Å². The molecule has 1 aliphatic heterocycles. The molecule has 1 fully saturated rings. The lowest BCUT2D eigenvalue weighted by Crippen LogP contribution is -2.19. The lowest BCUT2D eigenvalue weighted by molar-refractivity contribution is -0.0487. The van der Waals surface area contributed by atoms with Gasteiger partial charge in [-0.3, -0.25) is 4.57 Å². The van der Waals surface area contributed by atoms with Crippen molar-refractivity contribution in [2.45, 2.75) is 44.6 Å².